The maximum Gasteiger partial charge on any atom is 0.248 e. The van der Waals surface area contributed by atoms with Crippen molar-refractivity contribution in [3.63, 3.8) is 0 Å². The third-order valence-corrected chi connectivity index (χ3v) is 2.75. The molecule has 0 aliphatic rings. The SMILES string of the molecule is CCONC(=O)Cc1c(C)[nH]c2ccc(F)cc12. The molecule has 0 fully saturated rings. The first kappa shape index (κ1) is 12.6. The van der Waals surface area contributed by atoms with Crippen molar-refractivity contribution in [2.45, 2.75) is 20.3 Å². The summed E-state index contributed by atoms with van der Waals surface area (Å²) in [4.78, 5) is 19.6. The topological polar surface area (TPSA) is 54.1 Å². The maximum absolute atomic E-state index is 13.2. The highest BCUT2D eigenvalue weighted by Crippen LogP contribution is 2.23. The van der Waals surface area contributed by atoms with Gasteiger partial charge in [0.2, 0.25) is 5.91 Å². The van der Waals surface area contributed by atoms with Crippen molar-refractivity contribution in [3.05, 3.63) is 35.3 Å². The van der Waals surface area contributed by atoms with Crippen LogP contribution in [0.5, 0.6) is 0 Å². The average molecular weight is 250 g/mol. The van der Waals surface area contributed by atoms with Crippen molar-refractivity contribution >= 4 is 16.8 Å². The van der Waals surface area contributed by atoms with E-state index in [0.29, 0.717) is 6.61 Å². The van der Waals surface area contributed by atoms with Gasteiger partial charge in [0, 0.05) is 16.6 Å². The van der Waals surface area contributed by atoms with Crippen molar-refractivity contribution < 1.29 is 14.0 Å². The molecule has 2 aromatic rings. The van der Waals surface area contributed by atoms with Crippen LogP contribution in [0.3, 0.4) is 0 Å². The Bertz CT molecular complexity index is 578. The second-order valence-corrected chi connectivity index (χ2v) is 4.05. The van der Waals surface area contributed by atoms with E-state index in [1.165, 1.54) is 12.1 Å². The molecule has 1 heterocycles. The second kappa shape index (κ2) is 5.18. The number of benzene rings is 1. The number of hydrogen-bond acceptors (Lipinski definition) is 2. The molecule has 5 heteroatoms. The summed E-state index contributed by atoms with van der Waals surface area (Å²) in [5.41, 5.74) is 4.81. The van der Waals surface area contributed by atoms with Crippen LogP contribution in [0.25, 0.3) is 10.9 Å². The number of aromatic amines is 1. The highest BCUT2D eigenvalue weighted by molar-refractivity contribution is 5.89. The molecule has 0 unspecified atom stereocenters. The third-order valence-electron chi connectivity index (χ3n) is 2.75. The summed E-state index contributed by atoms with van der Waals surface area (Å²) in [6.45, 7) is 4.06. The van der Waals surface area contributed by atoms with E-state index in [2.05, 4.69) is 10.5 Å². The molecule has 0 bridgehead atoms. The molecule has 18 heavy (non-hydrogen) atoms. The normalized spacial score (nSPS) is 10.8. The number of hydrogen-bond donors (Lipinski definition) is 2. The lowest BCUT2D eigenvalue weighted by molar-refractivity contribution is -0.132. The van der Waals surface area contributed by atoms with Gasteiger partial charge in [0.05, 0.1) is 13.0 Å². The lowest BCUT2D eigenvalue weighted by Gasteiger charge is -2.04. The number of rotatable bonds is 4. The quantitative estimate of drug-likeness (QED) is 0.817. The number of amides is 1. The highest BCUT2D eigenvalue weighted by Gasteiger charge is 2.13. The van der Waals surface area contributed by atoms with Crippen molar-refractivity contribution in [1.29, 1.82) is 0 Å². The zero-order valence-corrected chi connectivity index (χ0v) is 10.3. The van der Waals surface area contributed by atoms with Gasteiger partial charge in [-0.25, -0.2) is 9.87 Å². The molecule has 0 spiro atoms. The van der Waals surface area contributed by atoms with Gasteiger partial charge in [0.25, 0.3) is 0 Å². The van der Waals surface area contributed by atoms with E-state index < -0.39 is 0 Å². The van der Waals surface area contributed by atoms with E-state index >= 15 is 0 Å². The number of H-pyrrole nitrogens is 1. The standard InChI is InChI=1S/C13H15FN2O2/c1-3-18-16-13(17)7-10-8(2)15-12-5-4-9(14)6-11(10)12/h4-6,15H,3,7H2,1-2H3,(H,16,17). The molecule has 0 aliphatic carbocycles. The van der Waals surface area contributed by atoms with Gasteiger partial charge < -0.3 is 4.98 Å². The zero-order valence-electron chi connectivity index (χ0n) is 10.3. The molecule has 0 atom stereocenters. The van der Waals surface area contributed by atoms with Gasteiger partial charge in [-0.2, -0.15) is 0 Å². The van der Waals surface area contributed by atoms with E-state index in [-0.39, 0.29) is 18.1 Å². The van der Waals surface area contributed by atoms with Gasteiger partial charge >= 0.3 is 0 Å². The predicted octanol–water partition coefficient (Wildman–Crippen LogP) is 2.23. The Kier molecular flexibility index (Phi) is 3.62. The highest BCUT2D eigenvalue weighted by atomic mass is 19.1. The van der Waals surface area contributed by atoms with Gasteiger partial charge in [-0.3, -0.25) is 9.63 Å². The molecule has 1 aromatic carbocycles. The number of hydroxylamine groups is 1. The smallest absolute Gasteiger partial charge is 0.248 e. The van der Waals surface area contributed by atoms with Crippen LogP contribution in [-0.4, -0.2) is 17.5 Å². The molecule has 2 N–H and O–H groups in total. The number of aryl methyl sites for hydroxylation is 1. The molecule has 1 aromatic heterocycles. The van der Waals surface area contributed by atoms with Crippen LogP contribution in [0.4, 0.5) is 4.39 Å². The van der Waals surface area contributed by atoms with Gasteiger partial charge in [-0.05, 0) is 37.6 Å². The van der Waals surface area contributed by atoms with Crippen molar-refractivity contribution in [3.8, 4) is 0 Å². The van der Waals surface area contributed by atoms with Gasteiger partial charge in [0.1, 0.15) is 5.82 Å². The zero-order chi connectivity index (χ0) is 13.1. The van der Waals surface area contributed by atoms with E-state index in [1.54, 1.807) is 13.0 Å². The van der Waals surface area contributed by atoms with Crippen molar-refractivity contribution in [2.24, 2.45) is 0 Å². The van der Waals surface area contributed by atoms with Crippen LogP contribution in [-0.2, 0) is 16.1 Å². The lowest BCUT2D eigenvalue weighted by atomic mass is 10.1. The van der Waals surface area contributed by atoms with Crippen molar-refractivity contribution in [1.82, 2.24) is 10.5 Å². The fraction of sp³-hybridized carbons (Fsp3) is 0.308. The minimum absolute atomic E-state index is 0.162. The van der Waals surface area contributed by atoms with E-state index in [1.807, 2.05) is 6.92 Å². The van der Waals surface area contributed by atoms with Crippen LogP contribution in [0.1, 0.15) is 18.2 Å². The Labute approximate surface area is 104 Å². The van der Waals surface area contributed by atoms with Crippen molar-refractivity contribution in [2.75, 3.05) is 6.61 Å². The van der Waals surface area contributed by atoms with E-state index in [0.717, 1.165) is 22.2 Å². The number of aromatic nitrogens is 1. The molecule has 0 saturated heterocycles. The number of carbonyl (C=O) groups excluding carboxylic acids is 1. The molecule has 0 radical (unpaired) electrons. The monoisotopic (exact) mass is 250 g/mol. The molecular formula is C13H15FN2O2. The first-order valence-electron chi connectivity index (χ1n) is 5.79. The van der Waals surface area contributed by atoms with Crippen LogP contribution in [0.2, 0.25) is 0 Å². The predicted molar refractivity (Wildman–Crippen MR) is 66.5 cm³/mol. The largest absolute Gasteiger partial charge is 0.358 e. The average Bonchev–Trinajstić information content (AvgIpc) is 2.63. The fourth-order valence-corrected chi connectivity index (χ4v) is 1.93. The van der Waals surface area contributed by atoms with Crippen LogP contribution in [0, 0.1) is 12.7 Å². The number of fused-ring (bicyclic) bond motifs is 1. The van der Waals surface area contributed by atoms with Gasteiger partial charge in [0.15, 0.2) is 0 Å². The molecule has 0 aliphatic heterocycles. The second-order valence-electron chi connectivity index (χ2n) is 4.05. The summed E-state index contributed by atoms with van der Waals surface area (Å²) in [5, 5.41) is 0.735. The summed E-state index contributed by atoms with van der Waals surface area (Å²) in [6, 6.07) is 4.49. The molecular weight excluding hydrogens is 235 g/mol. The Morgan fingerprint density at radius 1 is 1.50 bits per heavy atom. The van der Waals surface area contributed by atoms with E-state index in [4.69, 9.17) is 4.84 Å². The molecule has 4 nitrogen and oxygen atoms in total. The summed E-state index contributed by atoms with van der Waals surface area (Å²) >= 11 is 0. The minimum Gasteiger partial charge on any atom is -0.358 e. The van der Waals surface area contributed by atoms with Gasteiger partial charge in [-0.15, -0.1) is 0 Å². The number of halogens is 1. The summed E-state index contributed by atoms with van der Waals surface area (Å²) in [5.74, 6) is -0.557. The molecule has 96 valence electrons. The summed E-state index contributed by atoms with van der Waals surface area (Å²) in [6.07, 6.45) is 0.162. The summed E-state index contributed by atoms with van der Waals surface area (Å²) < 4.78 is 13.2. The van der Waals surface area contributed by atoms with Gasteiger partial charge in [-0.1, -0.05) is 0 Å². The first-order valence-corrected chi connectivity index (χ1v) is 5.79. The maximum atomic E-state index is 13.2. The Balaban J connectivity index is 2.29. The van der Waals surface area contributed by atoms with Crippen LogP contribution >= 0.6 is 0 Å². The fourth-order valence-electron chi connectivity index (χ4n) is 1.93. The van der Waals surface area contributed by atoms with Crippen LogP contribution < -0.4 is 5.48 Å². The third kappa shape index (κ3) is 2.51. The minimum atomic E-state index is -0.312. The molecule has 1 amide bonds. The van der Waals surface area contributed by atoms with E-state index in [9.17, 15) is 9.18 Å². The number of carbonyl (C=O) groups is 1. The summed E-state index contributed by atoms with van der Waals surface area (Å²) in [7, 11) is 0. The lowest BCUT2D eigenvalue weighted by Crippen LogP contribution is -2.25. The Hall–Kier alpha value is -1.88. The Morgan fingerprint density at radius 3 is 3.00 bits per heavy atom. The first-order chi connectivity index (χ1) is 8.61. The number of nitrogens with one attached hydrogen (secondary N) is 2. The van der Waals surface area contributed by atoms with Crippen LogP contribution in [0.15, 0.2) is 18.2 Å². The Morgan fingerprint density at radius 2 is 2.28 bits per heavy atom. The molecule has 0 saturated carbocycles. The molecule has 2 rings (SSSR count).